The van der Waals surface area contributed by atoms with Crippen molar-refractivity contribution in [1.82, 2.24) is 0 Å². The van der Waals surface area contributed by atoms with Gasteiger partial charge in [-0.1, -0.05) is 18.2 Å². The van der Waals surface area contributed by atoms with E-state index < -0.39 is 0 Å². The highest BCUT2D eigenvalue weighted by molar-refractivity contribution is 5.20. The Morgan fingerprint density at radius 3 is 2.14 bits per heavy atom. The molecule has 1 aromatic carbocycles. The van der Waals surface area contributed by atoms with Gasteiger partial charge in [-0.05, 0) is 12.1 Å². The third-order valence-electron chi connectivity index (χ3n) is 1.77. The maximum Gasteiger partial charge on any atom is 0.137 e. The molecule has 0 aliphatic heterocycles. The molecule has 0 atom stereocenters. The Labute approximate surface area is 103 Å². The van der Waals surface area contributed by atoms with E-state index in [0.29, 0.717) is 0 Å². The minimum atomic E-state index is 0. The highest BCUT2D eigenvalue weighted by atomic mass is 127. The molecular weight excluding hydrogens is 289 g/mol. The van der Waals surface area contributed by atoms with E-state index in [1.54, 1.807) is 0 Å². The van der Waals surface area contributed by atoms with Crippen molar-refractivity contribution in [3.8, 4) is 5.75 Å². The lowest BCUT2D eigenvalue weighted by Crippen LogP contribution is -3.00. The molecule has 3 heteroatoms. The standard InChI is InChI=1S/C11H18NO.HI/c1-12(2,3)9-10-13-11-7-5-4-6-8-11;/h4-8H,9-10H2,1-3H3;1H/q+1;/p-1. The maximum atomic E-state index is 5.57. The molecule has 0 aliphatic rings. The first kappa shape index (κ1) is 13.7. The minimum absolute atomic E-state index is 0. The Balaban J connectivity index is 0.00000169. The maximum absolute atomic E-state index is 5.57. The van der Waals surface area contributed by atoms with Crippen molar-refractivity contribution in [2.45, 2.75) is 0 Å². The molecule has 0 fully saturated rings. The van der Waals surface area contributed by atoms with E-state index >= 15 is 0 Å². The molecule has 0 saturated carbocycles. The second-order valence-corrected chi connectivity index (χ2v) is 4.18. The Morgan fingerprint density at radius 2 is 1.64 bits per heavy atom. The number of rotatable bonds is 4. The zero-order chi connectivity index (χ0) is 9.73. The van der Waals surface area contributed by atoms with E-state index in [1.165, 1.54) is 0 Å². The third kappa shape index (κ3) is 6.21. The van der Waals surface area contributed by atoms with Gasteiger partial charge >= 0.3 is 0 Å². The average molecular weight is 307 g/mol. The lowest BCUT2D eigenvalue weighted by atomic mass is 10.3. The average Bonchev–Trinajstić information content (AvgIpc) is 2.04. The molecular formula is C11H18INO. The first-order valence-corrected chi connectivity index (χ1v) is 4.56. The molecule has 0 unspecified atom stereocenters. The van der Waals surface area contributed by atoms with E-state index in [-0.39, 0.29) is 24.0 Å². The summed E-state index contributed by atoms with van der Waals surface area (Å²) in [7, 11) is 6.48. The number of likely N-dealkylation sites (N-methyl/N-ethyl adjacent to an activating group) is 1. The summed E-state index contributed by atoms with van der Waals surface area (Å²) in [6.45, 7) is 1.79. The highest BCUT2D eigenvalue weighted by Gasteiger charge is 2.05. The summed E-state index contributed by atoms with van der Waals surface area (Å²) in [4.78, 5) is 0. The predicted molar refractivity (Wildman–Crippen MR) is 54.8 cm³/mol. The first-order chi connectivity index (χ1) is 6.08. The molecule has 1 aromatic rings. The molecule has 0 bridgehead atoms. The molecule has 0 saturated heterocycles. The molecule has 2 nitrogen and oxygen atoms in total. The zero-order valence-electron chi connectivity index (χ0n) is 9.03. The minimum Gasteiger partial charge on any atom is -1.00 e. The van der Waals surface area contributed by atoms with Crippen LogP contribution in [0.2, 0.25) is 0 Å². The molecule has 0 radical (unpaired) electrons. The fourth-order valence-corrected chi connectivity index (χ4v) is 0.954. The fourth-order valence-electron chi connectivity index (χ4n) is 0.954. The molecule has 1 rings (SSSR count). The van der Waals surface area contributed by atoms with Gasteiger partial charge in [-0.15, -0.1) is 0 Å². The molecule has 80 valence electrons. The third-order valence-corrected chi connectivity index (χ3v) is 1.77. The number of benzene rings is 1. The molecule has 0 heterocycles. The van der Waals surface area contributed by atoms with Crippen LogP contribution in [0.1, 0.15) is 0 Å². The SMILES string of the molecule is C[N+](C)(C)CCOc1ccccc1.[I-]. The number of ether oxygens (including phenoxy) is 1. The van der Waals surface area contributed by atoms with Gasteiger partial charge in [0.25, 0.3) is 0 Å². The summed E-state index contributed by atoms with van der Waals surface area (Å²) in [6, 6.07) is 9.93. The van der Waals surface area contributed by atoms with Crippen molar-refractivity contribution in [2.75, 3.05) is 34.3 Å². The van der Waals surface area contributed by atoms with E-state index in [9.17, 15) is 0 Å². The van der Waals surface area contributed by atoms with E-state index in [4.69, 9.17) is 4.74 Å². The number of para-hydroxylation sites is 1. The molecule has 0 N–H and O–H groups in total. The van der Waals surface area contributed by atoms with Gasteiger partial charge in [0, 0.05) is 0 Å². The summed E-state index contributed by atoms with van der Waals surface area (Å²) in [5.41, 5.74) is 0. The summed E-state index contributed by atoms with van der Waals surface area (Å²) in [5.74, 6) is 0.955. The number of quaternary nitrogens is 1. The van der Waals surface area contributed by atoms with Crippen LogP contribution >= 0.6 is 0 Å². The highest BCUT2D eigenvalue weighted by Crippen LogP contribution is 2.07. The van der Waals surface area contributed by atoms with Crippen LogP contribution in [-0.4, -0.2) is 38.8 Å². The number of halogens is 1. The first-order valence-electron chi connectivity index (χ1n) is 4.56. The molecule has 0 aliphatic carbocycles. The number of hydrogen-bond acceptors (Lipinski definition) is 1. The van der Waals surface area contributed by atoms with Crippen LogP contribution in [0.4, 0.5) is 0 Å². The summed E-state index contributed by atoms with van der Waals surface area (Å²) in [6.07, 6.45) is 0. The monoisotopic (exact) mass is 307 g/mol. The van der Waals surface area contributed by atoms with Crippen molar-refractivity contribution < 1.29 is 33.2 Å². The van der Waals surface area contributed by atoms with Crippen LogP contribution in [0.3, 0.4) is 0 Å². The van der Waals surface area contributed by atoms with E-state index in [2.05, 4.69) is 21.1 Å². The lowest BCUT2D eigenvalue weighted by molar-refractivity contribution is -0.870. The normalized spacial score (nSPS) is 10.5. The largest absolute Gasteiger partial charge is 1.00 e. The van der Waals surface area contributed by atoms with Gasteiger partial charge in [0.15, 0.2) is 0 Å². The Hall–Kier alpha value is -0.290. The van der Waals surface area contributed by atoms with Crippen molar-refractivity contribution >= 4 is 0 Å². The van der Waals surface area contributed by atoms with Crippen molar-refractivity contribution in [2.24, 2.45) is 0 Å². The van der Waals surface area contributed by atoms with Gasteiger partial charge in [-0.2, -0.15) is 0 Å². The van der Waals surface area contributed by atoms with Crippen LogP contribution in [-0.2, 0) is 0 Å². The summed E-state index contributed by atoms with van der Waals surface area (Å²) >= 11 is 0. The molecule has 0 amide bonds. The van der Waals surface area contributed by atoms with Gasteiger partial charge in [0.2, 0.25) is 0 Å². The summed E-state index contributed by atoms with van der Waals surface area (Å²) < 4.78 is 6.50. The fraction of sp³-hybridized carbons (Fsp3) is 0.455. The molecule has 0 spiro atoms. The van der Waals surface area contributed by atoms with E-state index in [0.717, 1.165) is 23.4 Å². The predicted octanol–water partition coefficient (Wildman–Crippen LogP) is -1.22. The van der Waals surface area contributed by atoms with Crippen LogP contribution in [0, 0.1) is 0 Å². The second kappa shape index (κ2) is 6.24. The Kier molecular flexibility index (Phi) is 6.11. The smallest absolute Gasteiger partial charge is 0.137 e. The second-order valence-electron chi connectivity index (χ2n) is 4.18. The zero-order valence-corrected chi connectivity index (χ0v) is 11.2. The lowest BCUT2D eigenvalue weighted by Gasteiger charge is -2.23. The number of hydrogen-bond donors (Lipinski definition) is 0. The molecule has 0 aromatic heterocycles. The van der Waals surface area contributed by atoms with Gasteiger partial charge in [0.05, 0.1) is 21.1 Å². The van der Waals surface area contributed by atoms with Gasteiger partial charge in [0.1, 0.15) is 18.9 Å². The Bertz CT molecular complexity index is 243. The van der Waals surface area contributed by atoms with Crippen LogP contribution in [0.5, 0.6) is 5.75 Å². The summed E-state index contributed by atoms with van der Waals surface area (Å²) in [5, 5.41) is 0. The van der Waals surface area contributed by atoms with E-state index in [1.807, 2.05) is 30.3 Å². The van der Waals surface area contributed by atoms with Crippen molar-refractivity contribution in [3.63, 3.8) is 0 Å². The topological polar surface area (TPSA) is 9.23 Å². The quantitative estimate of drug-likeness (QED) is 0.500. The van der Waals surface area contributed by atoms with Crippen LogP contribution < -0.4 is 28.7 Å². The van der Waals surface area contributed by atoms with Gasteiger partial charge in [-0.25, -0.2) is 0 Å². The van der Waals surface area contributed by atoms with Crippen molar-refractivity contribution in [1.29, 1.82) is 0 Å². The Morgan fingerprint density at radius 1 is 1.07 bits per heavy atom. The number of nitrogens with zero attached hydrogens (tertiary/aromatic N) is 1. The van der Waals surface area contributed by atoms with Gasteiger partial charge in [-0.3, -0.25) is 0 Å². The van der Waals surface area contributed by atoms with Crippen molar-refractivity contribution in [3.05, 3.63) is 30.3 Å². The van der Waals surface area contributed by atoms with Crippen LogP contribution in [0.25, 0.3) is 0 Å². The van der Waals surface area contributed by atoms with Gasteiger partial charge < -0.3 is 33.2 Å². The molecule has 14 heavy (non-hydrogen) atoms. The van der Waals surface area contributed by atoms with Crippen LogP contribution in [0.15, 0.2) is 30.3 Å².